The molecule has 0 amide bonds. The van der Waals surface area contributed by atoms with E-state index in [4.69, 9.17) is 11.6 Å². The highest BCUT2D eigenvalue weighted by molar-refractivity contribution is 7.89. The second-order valence-electron chi connectivity index (χ2n) is 5.55. The van der Waals surface area contributed by atoms with Crippen LogP contribution in [0.5, 0.6) is 0 Å². The van der Waals surface area contributed by atoms with Gasteiger partial charge in [0.25, 0.3) is 0 Å². The minimum Gasteiger partial charge on any atom is -0.212 e. The van der Waals surface area contributed by atoms with E-state index in [-0.39, 0.29) is 11.7 Å². The molecule has 0 saturated heterocycles. The third kappa shape index (κ3) is 5.43. The van der Waals surface area contributed by atoms with Gasteiger partial charge in [-0.1, -0.05) is 44.2 Å². The summed E-state index contributed by atoms with van der Waals surface area (Å²) in [7, 11) is -3.33. The zero-order valence-electron chi connectivity index (χ0n) is 12.4. The number of benzene rings is 1. The molecule has 0 aliphatic carbocycles. The van der Waals surface area contributed by atoms with Crippen molar-refractivity contribution in [2.75, 3.05) is 11.6 Å². The number of sulfonamides is 1. The highest BCUT2D eigenvalue weighted by Gasteiger charge is 2.28. The molecular formula is C15H24ClNO2S. The smallest absolute Gasteiger partial charge is 0.212 e. The van der Waals surface area contributed by atoms with Crippen molar-refractivity contribution in [2.45, 2.75) is 45.1 Å². The molecule has 0 heterocycles. The molecule has 0 fully saturated rings. The molecule has 114 valence electrons. The minimum atomic E-state index is -3.33. The normalized spacial score (nSPS) is 16.6. The molecule has 1 aromatic rings. The predicted octanol–water partition coefficient (Wildman–Crippen LogP) is 3.51. The molecule has 2 unspecified atom stereocenters. The summed E-state index contributed by atoms with van der Waals surface area (Å²) in [5.41, 5.74) is 0.574. The fourth-order valence-electron chi connectivity index (χ4n) is 2.13. The van der Waals surface area contributed by atoms with Gasteiger partial charge in [-0.05, 0) is 31.2 Å². The molecule has 0 bridgehead atoms. The number of hydrogen-bond donors (Lipinski definition) is 1. The van der Waals surface area contributed by atoms with E-state index in [1.54, 1.807) is 0 Å². The Bertz CT molecular complexity index is 504. The van der Waals surface area contributed by atoms with E-state index >= 15 is 0 Å². The lowest BCUT2D eigenvalue weighted by atomic mass is 9.97. The van der Waals surface area contributed by atoms with Crippen molar-refractivity contribution in [1.29, 1.82) is 0 Å². The van der Waals surface area contributed by atoms with Gasteiger partial charge in [0.2, 0.25) is 10.0 Å². The lowest BCUT2D eigenvalue weighted by molar-refractivity contribution is 0.390. The molecule has 0 aliphatic rings. The van der Waals surface area contributed by atoms with Crippen LogP contribution >= 0.6 is 11.6 Å². The summed E-state index contributed by atoms with van der Waals surface area (Å²) in [6.45, 7) is 5.80. The Hall–Kier alpha value is -0.580. The van der Waals surface area contributed by atoms with Crippen LogP contribution in [0.15, 0.2) is 30.3 Å². The first-order valence-corrected chi connectivity index (χ1v) is 9.13. The Kier molecular flexibility index (Phi) is 6.49. The van der Waals surface area contributed by atoms with Crippen molar-refractivity contribution in [3.8, 4) is 0 Å². The number of nitrogens with one attached hydrogen (secondary N) is 1. The van der Waals surface area contributed by atoms with Gasteiger partial charge in [-0.3, -0.25) is 0 Å². The van der Waals surface area contributed by atoms with Crippen molar-refractivity contribution in [1.82, 2.24) is 4.72 Å². The van der Waals surface area contributed by atoms with Crippen molar-refractivity contribution in [2.24, 2.45) is 0 Å². The molecule has 1 aromatic carbocycles. The van der Waals surface area contributed by atoms with Crippen LogP contribution in [-0.4, -0.2) is 25.6 Å². The minimum absolute atomic E-state index is 0.0363. The van der Waals surface area contributed by atoms with Crippen LogP contribution in [0.25, 0.3) is 0 Å². The zero-order valence-corrected chi connectivity index (χ0v) is 14.0. The standard InChI is InChI=1S/C15H24ClNO2S/c1-4-15(3,10-11-16)17-20(18,19)12-13(2)14-8-6-5-7-9-14/h5-9,13,17H,4,10-12H2,1-3H3. The molecule has 20 heavy (non-hydrogen) atoms. The topological polar surface area (TPSA) is 46.2 Å². The second kappa shape index (κ2) is 7.43. The number of halogens is 1. The van der Waals surface area contributed by atoms with Gasteiger partial charge in [0.15, 0.2) is 0 Å². The second-order valence-corrected chi connectivity index (χ2v) is 7.69. The van der Waals surface area contributed by atoms with Crippen molar-refractivity contribution >= 4 is 21.6 Å². The first-order valence-electron chi connectivity index (χ1n) is 6.94. The maximum Gasteiger partial charge on any atom is 0.212 e. The SMILES string of the molecule is CCC(C)(CCCl)NS(=O)(=O)CC(C)c1ccccc1. The molecule has 1 N–H and O–H groups in total. The summed E-state index contributed by atoms with van der Waals surface area (Å²) in [4.78, 5) is 0. The van der Waals surface area contributed by atoms with Crippen LogP contribution < -0.4 is 4.72 Å². The van der Waals surface area contributed by atoms with Crippen LogP contribution in [0.4, 0.5) is 0 Å². The van der Waals surface area contributed by atoms with E-state index in [0.717, 1.165) is 12.0 Å². The number of hydrogen-bond acceptors (Lipinski definition) is 2. The molecule has 0 radical (unpaired) electrons. The van der Waals surface area contributed by atoms with Crippen molar-refractivity contribution < 1.29 is 8.42 Å². The fourth-order valence-corrected chi connectivity index (χ4v) is 4.48. The van der Waals surface area contributed by atoms with Crippen LogP contribution in [0.3, 0.4) is 0 Å². The molecule has 2 atom stereocenters. The number of alkyl halides is 1. The Morgan fingerprint density at radius 1 is 1.30 bits per heavy atom. The van der Waals surface area contributed by atoms with Crippen molar-refractivity contribution in [3.63, 3.8) is 0 Å². The summed E-state index contributed by atoms with van der Waals surface area (Å²) in [5, 5.41) is 0. The summed E-state index contributed by atoms with van der Waals surface area (Å²) < 4.78 is 27.4. The Morgan fingerprint density at radius 2 is 1.90 bits per heavy atom. The van der Waals surface area contributed by atoms with Gasteiger partial charge >= 0.3 is 0 Å². The maximum atomic E-state index is 12.3. The Labute approximate surface area is 127 Å². The number of rotatable bonds is 8. The maximum absolute atomic E-state index is 12.3. The average Bonchev–Trinajstić information content (AvgIpc) is 2.38. The molecule has 0 aliphatic heterocycles. The van der Waals surface area contributed by atoms with Crippen LogP contribution in [-0.2, 0) is 10.0 Å². The van der Waals surface area contributed by atoms with Crippen LogP contribution in [0.2, 0.25) is 0 Å². The predicted molar refractivity (Wildman–Crippen MR) is 85.8 cm³/mol. The first-order chi connectivity index (χ1) is 9.32. The van der Waals surface area contributed by atoms with E-state index < -0.39 is 15.6 Å². The van der Waals surface area contributed by atoms with Gasteiger partial charge in [0.05, 0.1) is 5.75 Å². The first kappa shape index (κ1) is 17.5. The highest BCUT2D eigenvalue weighted by atomic mass is 35.5. The van der Waals surface area contributed by atoms with Gasteiger partial charge in [-0.15, -0.1) is 11.6 Å². The lowest BCUT2D eigenvalue weighted by Gasteiger charge is -2.29. The quantitative estimate of drug-likeness (QED) is 0.746. The lowest BCUT2D eigenvalue weighted by Crippen LogP contribution is -2.47. The highest BCUT2D eigenvalue weighted by Crippen LogP contribution is 2.20. The third-order valence-corrected chi connectivity index (χ3v) is 5.60. The summed E-state index contributed by atoms with van der Waals surface area (Å²) in [6, 6.07) is 9.69. The Balaban J connectivity index is 2.75. The van der Waals surface area contributed by atoms with Gasteiger partial charge in [0, 0.05) is 11.4 Å². The van der Waals surface area contributed by atoms with Crippen LogP contribution in [0.1, 0.15) is 45.1 Å². The molecule has 5 heteroatoms. The van der Waals surface area contributed by atoms with E-state index in [1.165, 1.54) is 0 Å². The monoisotopic (exact) mass is 317 g/mol. The van der Waals surface area contributed by atoms with E-state index in [0.29, 0.717) is 12.3 Å². The fraction of sp³-hybridized carbons (Fsp3) is 0.600. The van der Waals surface area contributed by atoms with Gasteiger partial charge in [0.1, 0.15) is 0 Å². The van der Waals surface area contributed by atoms with Gasteiger partial charge < -0.3 is 0 Å². The average molecular weight is 318 g/mol. The van der Waals surface area contributed by atoms with Gasteiger partial charge in [-0.25, -0.2) is 13.1 Å². The largest absolute Gasteiger partial charge is 0.212 e. The zero-order chi connectivity index (χ0) is 15.2. The van der Waals surface area contributed by atoms with E-state index in [2.05, 4.69) is 4.72 Å². The molecule has 0 saturated carbocycles. The molecule has 1 rings (SSSR count). The molecule has 3 nitrogen and oxygen atoms in total. The molecule has 0 aromatic heterocycles. The van der Waals surface area contributed by atoms with Crippen molar-refractivity contribution in [3.05, 3.63) is 35.9 Å². The Morgan fingerprint density at radius 3 is 2.40 bits per heavy atom. The summed E-state index contributed by atoms with van der Waals surface area (Å²) >= 11 is 5.76. The summed E-state index contributed by atoms with van der Waals surface area (Å²) in [6.07, 6.45) is 1.35. The third-order valence-electron chi connectivity index (χ3n) is 3.67. The molecular weight excluding hydrogens is 294 g/mol. The summed E-state index contributed by atoms with van der Waals surface area (Å²) in [5.74, 6) is 0.501. The van der Waals surface area contributed by atoms with E-state index in [9.17, 15) is 8.42 Å². The van der Waals surface area contributed by atoms with Gasteiger partial charge in [-0.2, -0.15) is 0 Å². The van der Waals surface area contributed by atoms with Crippen LogP contribution in [0, 0.1) is 0 Å². The van der Waals surface area contributed by atoms with E-state index in [1.807, 2.05) is 51.1 Å². The molecule has 0 spiro atoms.